The highest BCUT2D eigenvalue weighted by molar-refractivity contribution is 9.10. The molecule has 0 saturated heterocycles. The van der Waals surface area contributed by atoms with Gasteiger partial charge in [0.05, 0.1) is 35.7 Å². The number of hydrogen-bond acceptors (Lipinski definition) is 4. The standard InChI is InChI=1S/C13H14BrNO3/c1-3-17-12-8-13(18-4-2)10(14)7-9(12)11(16)5-6-15/h7-8H,3-5H2,1-2H3. The summed E-state index contributed by atoms with van der Waals surface area (Å²) in [6.07, 6.45) is -0.166. The van der Waals surface area contributed by atoms with Crippen molar-refractivity contribution < 1.29 is 14.3 Å². The van der Waals surface area contributed by atoms with E-state index >= 15 is 0 Å². The highest BCUT2D eigenvalue weighted by atomic mass is 79.9. The summed E-state index contributed by atoms with van der Waals surface area (Å²) in [6, 6.07) is 5.15. The lowest BCUT2D eigenvalue weighted by Crippen LogP contribution is -2.05. The van der Waals surface area contributed by atoms with Crippen LogP contribution in [0.25, 0.3) is 0 Å². The fourth-order valence-corrected chi connectivity index (χ4v) is 1.92. The van der Waals surface area contributed by atoms with Gasteiger partial charge >= 0.3 is 0 Å². The van der Waals surface area contributed by atoms with Gasteiger partial charge in [-0.2, -0.15) is 5.26 Å². The average Bonchev–Trinajstić information content (AvgIpc) is 2.34. The molecule has 0 aliphatic heterocycles. The van der Waals surface area contributed by atoms with E-state index in [4.69, 9.17) is 14.7 Å². The van der Waals surface area contributed by atoms with Crippen molar-refractivity contribution >= 4 is 21.7 Å². The fourth-order valence-electron chi connectivity index (χ4n) is 1.46. The first kappa shape index (κ1) is 14.5. The molecule has 0 atom stereocenters. The third-order valence-corrected chi connectivity index (χ3v) is 2.79. The number of ketones is 1. The van der Waals surface area contributed by atoms with E-state index in [1.807, 2.05) is 19.9 Å². The van der Waals surface area contributed by atoms with Crippen molar-refractivity contribution in [3.63, 3.8) is 0 Å². The predicted octanol–water partition coefficient (Wildman–Crippen LogP) is 3.34. The van der Waals surface area contributed by atoms with Crippen molar-refractivity contribution in [2.24, 2.45) is 0 Å². The van der Waals surface area contributed by atoms with Gasteiger partial charge in [0.1, 0.15) is 11.5 Å². The lowest BCUT2D eigenvalue weighted by atomic mass is 10.1. The molecule has 0 unspecified atom stereocenters. The monoisotopic (exact) mass is 311 g/mol. The van der Waals surface area contributed by atoms with Gasteiger partial charge < -0.3 is 9.47 Å². The molecule has 18 heavy (non-hydrogen) atoms. The Kier molecular flexibility index (Phi) is 5.66. The second kappa shape index (κ2) is 7.02. The number of nitrogens with zero attached hydrogens (tertiary/aromatic N) is 1. The maximum Gasteiger partial charge on any atom is 0.180 e. The zero-order valence-electron chi connectivity index (χ0n) is 10.3. The number of nitriles is 1. The highest BCUT2D eigenvalue weighted by Crippen LogP contribution is 2.33. The van der Waals surface area contributed by atoms with Crippen molar-refractivity contribution in [3.8, 4) is 17.6 Å². The van der Waals surface area contributed by atoms with Gasteiger partial charge in [0, 0.05) is 6.07 Å². The number of carbonyl (C=O) groups is 1. The van der Waals surface area contributed by atoms with E-state index in [0.717, 1.165) is 0 Å². The summed E-state index contributed by atoms with van der Waals surface area (Å²) in [7, 11) is 0. The summed E-state index contributed by atoms with van der Waals surface area (Å²) in [5.74, 6) is 0.809. The molecular weight excluding hydrogens is 298 g/mol. The van der Waals surface area contributed by atoms with E-state index in [2.05, 4.69) is 15.9 Å². The maximum absolute atomic E-state index is 11.8. The number of ether oxygens (including phenoxy) is 2. The van der Waals surface area contributed by atoms with Crippen LogP contribution in [0.5, 0.6) is 11.5 Å². The van der Waals surface area contributed by atoms with E-state index in [1.54, 1.807) is 12.1 Å². The van der Waals surface area contributed by atoms with E-state index in [0.29, 0.717) is 34.7 Å². The van der Waals surface area contributed by atoms with Gasteiger partial charge in [-0.3, -0.25) is 4.79 Å². The molecule has 0 spiro atoms. The number of hydrogen-bond donors (Lipinski definition) is 0. The molecule has 0 aromatic heterocycles. The SMILES string of the molecule is CCOc1cc(OCC)c(C(=O)CC#N)cc1Br. The van der Waals surface area contributed by atoms with Crippen LogP contribution in [-0.2, 0) is 0 Å². The van der Waals surface area contributed by atoms with Gasteiger partial charge in [-0.25, -0.2) is 0 Å². The molecule has 0 heterocycles. The van der Waals surface area contributed by atoms with Crippen LogP contribution >= 0.6 is 15.9 Å². The Morgan fingerprint density at radius 1 is 1.28 bits per heavy atom. The van der Waals surface area contributed by atoms with Gasteiger partial charge in [-0.05, 0) is 35.8 Å². The van der Waals surface area contributed by atoms with E-state index in [9.17, 15) is 4.79 Å². The van der Waals surface area contributed by atoms with Crippen molar-refractivity contribution in [2.75, 3.05) is 13.2 Å². The summed E-state index contributed by atoms with van der Waals surface area (Å²) in [5, 5.41) is 8.58. The molecule has 1 aromatic carbocycles. The number of rotatable bonds is 6. The molecule has 0 amide bonds. The van der Waals surface area contributed by atoms with Crippen molar-refractivity contribution in [3.05, 3.63) is 22.2 Å². The molecule has 0 fully saturated rings. The Hall–Kier alpha value is -1.54. The number of carbonyl (C=O) groups excluding carboxylic acids is 1. The molecule has 1 aromatic rings. The minimum absolute atomic E-state index is 0.166. The molecule has 96 valence electrons. The molecule has 1 rings (SSSR count). The van der Waals surface area contributed by atoms with Crippen LogP contribution < -0.4 is 9.47 Å². The molecule has 0 aliphatic rings. The Balaban J connectivity index is 3.20. The second-order valence-electron chi connectivity index (χ2n) is 3.40. The van der Waals surface area contributed by atoms with Crippen LogP contribution in [0.4, 0.5) is 0 Å². The number of halogens is 1. The number of Topliss-reactive ketones (excluding diaryl/α,β-unsaturated/α-hetero) is 1. The highest BCUT2D eigenvalue weighted by Gasteiger charge is 2.16. The molecule has 5 heteroatoms. The quantitative estimate of drug-likeness (QED) is 0.756. The van der Waals surface area contributed by atoms with Crippen LogP contribution in [0.1, 0.15) is 30.6 Å². The summed E-state index contributed by atoms with van der Waals surface area (Å²) in [4.78, 5) is 11.8. The smallest absolute Gasteiger partial charge is 0.180 e. The minimum Gasteiger partial charge on any atom is -0.493 e. The molecule has 0 bridgehead atoms. The normalized spacial score (nSPS) is 9.67. The fraction of sp³-hybridized carbons (Fsp3) is 0.385. The lowest BCUT2D eigenvalue weighted by Gasteiger charge is -2.13. The predicted molar refractivity (Wildman–Crippen MR) is 71.0 cm³/mol. The van der Waals surface area contributed by atoms with Crippen molar-refractivity contribution in [1.29, 1.82) is 5.26 Å². The molecular formula is C13H14BrNO3. The molecule has 0 aliphatic carbocycles. The van der Waals surface area contributed by atoms with Crippen LogP contribution in [0.3, 0.4) is 0 Å². The molecule has 0 saturated carbocycles. The van der Waals surface area contributed by atoms with Crippen LogP contribution in [0.15, 0.2) is 16.6 Å². The zero-order chi connectivity index (χ0) is 13.5. The lowest BCUT2D eigenvalue weighted by molar-refractivity contribution is 0.0994. The summed E-state index contributed by atoms with van der Waals surface area (Å²) >= 11 is 3.34. The summed E-state index contributed by atoms with van der Waals surface area (Å²) < 4.78 is 11.5. The first-order chi connectivity index (χ1) is 8.63. The van der Waals surface area contributed by atoms with Crippen molar-refractivity contribution in [2.45, 2.75) is 20.3 Å². The Bertz CT molecular complexity index is 480. The van der Waals surface area contributed by atoms with Gasteiger partial charge in [0.2, 0.25) is 0 Å². The van der Waals surface area contributed by atoms with E-state index < -0.39 is 0 Å². The zero-order valence-corrected chi connectivity index (χ0v) is 11.9. The van der Waals surface area contributed by atoms with Crippen LogP contribution in [0.2, 0.25) is 0 Å². The first-order valence-corrected chi connectivity index (χ1v) is 6.42. The summed E-state index contributed by atoms with van der Waals surface area (Å²) in [5.41, 5.74) is 0.397. The molecule has 0 N–H and O–H groups in total. The Morgan fingerprint density at radius 2 is 1.89 bits per heavy atom. The van der Waals surface area contributed by atoms with Crippen LogP contribution in [0, 0.1) is 11.3 Å². The minimum atomic E-state index is -0.260. The summed E-state index contributed by atoms with van der Waals surface area (Å²) in [6.45, 7) is 4.68. The van der Waals surface area contributed by atoms with Gasteiger partial charge in [-0.15, -0.1) is 0 Å². The molecule has 0 radical (unpaired) electrons. The van der Waals surface area contributed by atoms with Gasteiger partial charge in [-0.1, -0.05) is 0 Å². The topological polar surface area (TPSA) is 59.3 Å². The first-order valence-electron chi connectivity index (χ1n) is 5.63. The Labute approximate surface area is 115 Å². The third kappa shape index (κ3) is 3.47. The van der Waals surface area contributed by atoms with Crippen molar-refractivity contribution in [1.82, 2.24) is 0 Å². The Morgan fingerprint density at radius 3 is 2.44 bits per heavy atom. The second-order valence-corrected chi connectivity index (χ2v) is 4.26. The van der Waals surface area contributed by atoms with E-state index in [-0.39, 0.29) is 12.2 Å². The van der Waals surface area contributed by atoms with Gasteiger partial charge in [0.15, 0.2) is 5.78 Å². The van der Waals surface area contributed by atoms with E-state index in [1.165, 1.54) is 0 Å². The molecule has 4 nitrogen and oxygen atoms in total. The van der Waals surface area contributed by atoms with Gasteiger partial charge in [0.25, 0.3) is 0 Å². The van der Waals surface area contributed by atoms with Crippen LogP contribution in [-0.4, -0.2) is 19.0 Å². The largest absolute Gasteiger partial charge is 0.493 e. The maximum atomic E-state index is 11.8. The number of benzene rings is 1. The average molecular weight is 312 g/mol. The third-order valence-electron chi connectivity index (χ3n) is 2.17.